The molecule has 0 atom stereocenters. The SMILES string of the molecule is O=C(NCC/C=C/CCCNC(=O)c1ccc(OC(F)(F)F)cc1)c1ccc(OC(F)(F)F)cc1. The highest BCUT2D eigenvalue weighted by Gasteiger charge is 2.31. The summed E-state index contributed by atoms with van der Waals surface area (Å²) < 4.78 is 80.3. The first-order valence-corrected chi connectivity index (χ1v) is 10.4. The number of hydrogen-bond acceptors (Lipinski definition) is 4. The molecule has 0 aromatic heterocycles. The highest BCUT2D eigenvalue weighted by atomic mass is 19.4. The van der Waals surface area contributed by atoms with Crippen LogP contribution in [0.1, 0.15) is 40.0 Å². The number of carbonyl (C=O) groups excluding carboxylic acids is 2. The second-order valence-corrected chi connectivity index (χ2v) is 7.06. The largest absolute Gasteiger partial charge is 0.573 e. The Kier molecular flexibility index (Phi) is 9.98. The number of amides is 2. The maximum atomic E-state index is 12.1. The van der Waals surface area contributed by atoms with Gasteiger partial charge >= 0.3 is 12.7 Å². The van der Waals surface area contributed by atoms with Crippen LogP contribution in [0.5, 0.6) is 11.5 Å². The van der Waals surface area contributed by atoms with Gasteiger partial charge < -0.3 is 20.1 Å². The van der Waals surface area contributed by atoms with Gasteiger partial charge in [-0.05, 0) is 67.8 Å². The maximum absolute atomic E-state index is 12.1. The topological polar surface area (TPSA) is 76.7 Å². The summed E-state index contributed by atoms with van der Waals surface area (Å²) in [5, 5.41) is 5.29. The number of alkyl halides is 6. The van der Waals surface area contributed by atoms with Crippen molar-refractivity contribution in [2.45, 2.75) is 32.0 Å². The van der Waals surface area contributed by atoms with Crippen LogP contribution in [0.4, 0.5) is 26.3 Å². The first kappa shape index (κ1) is 27.5. The van der Waals surface area contributed by atoms with Crippen LogP contribution in [0.2, 0.25) is 0 Å². The zero-order chi connectivity index (χ0) is 25.9. The summed E-state index contributed by atoms with van der Waals surface area (Å²) in [7, 11) is 0. The van der Waals surface area contributed by atoms with Gasteiger partial charge in [0.05, 0.1) is 0 Å². The lowest BCUT2D eigenvalue weighted by Gasteiger charge is -2.09. The summed E-state index contributed by atoms with van der Waals surface area (Å²) in [6.45, 7) is 0.676. The number of halogens is 6. The van der Waals surface area contributed by atoms with Gasteiger partial charge in [-0.25, -0.2) is 0 Å². The predicted molar refractivity (Wildman–Crippen MR) is 114 cm³/mol. The average molecular weight is 504 g/mol. The van der Waals surface area contributed by atoms with Gasteiger partial charge in [-0.3, -0.25) is 9.59 Å². The lowest BCUT2D eigenvalue weighted by molar-refractivity contribution is -0.275. The number of carbonyl (C=O) groups is 2. The van der Waals surface area contributed by atoms with Crippen molar-refractivity contribution in [3.63, 3.8) is 0 Å². The minimum atomic E-state index is -4.80. The molecule has 2 aromatic carbocycles. The van der Waals surface area contributed by atoms with Gasteiger partial charge in [-0.1, -0.05) is 12.2 Å². The van der Waals surface area contributed by atoms with E-state index in [0.717, 1.165) is 24.3 Å². The normalized spacial score (nSPS) is 11.8. The third-order valence-electron chi connectivity index (χ3n) is 4.30. The third kappa shape index (κ3) is 11.3. The van der Waals surface area contributed by atoms with E-state index in [0.29, 0.717) is 32.4 Å². The molecule has 0 spiro atoms. The molecule has 2 rings (SSSR count). The lowest BCUT2D eigenvalue weighted by atomic mass is 10.2. The summed E-state index contributed by atoms with van der Waals surface area (Å²) >= 11 is 0. The molecule has 190 valence electrons. The van der Waals surface area contributed by atoms with Crippen molar-refractivity contribution in [2.24, 2.45) is 0 Å². The quantitative estimate of drug-likeness (QED) is 0.245. The van der Waals surface area contributed by atoms with Crippen molar-refractivity contribution >= 4 is 11.8 Å². The van der Waals surface area contributed by atoms with Crippen molar-refractivity contribution in [3.05, 3.63) is 71.8 Å². The van der Waals surface area contributed by atoms with E-state index in [9.17, 15) is 35.9 Å². The molecular formula is C23H22F6N2O4. The molecule has 0 unspecified atom stereocenters. The molecular weight excluding hydrogens is 482 g/mol. The third-order valence-corrected chi connectivity index (χ3v) is 4.30. The van der Waals surface area contributed by atoms with Gasteiger partial charge in [-0.15, -0.1) is 26.3 Å². The molecule has 2 amide bonds. The van der Waals surface area contributed by atoms with Crippen LogP contribution in [-0.2, 0) is 0 Å². The summed E-state index contributed by atoms with van der Waals surface area (Å²) in [6.07, 6.45) is -4.10. The Morgan fingerprint density at radius 1 is 0.657 bits per heavy atom. The van der Waals surface area contributed by atoms with E-state index in [1.165, 1.54) is 24.3 Å². The van der Waals surface area contributed by atoms with Gasteiger partial charge in [0.2, 0.25) is 0 Å². The highest BCUT2D eigenvalue weighted by Crippen LogP contribution is 2.23. The van der Waals surface area contributed by atoms with Crippen molar-refractivity contribution in [1.82, 2.24) is 10.6 Å². The fraction of sp³-hybridized carbons (Fsp3) is 0.304. The van der Waals surface area contributed by atoms with Crippen LogP contribution in [0.15, 0.2) is 60.7 Å². The van der Waals surface area contributed by atoms with E-state index in [1.807, 2.05) is 12.2 Å². The zero-order valence-corrected chi connectivity index (χ0v) is 18.2. The predicted octanol–water partition coefficient (Wildman–Crippen LogP) is 5.37. The molecule has 0 heterocycles. The van der Waals surface area contributed by atoms with Gasteiger partial charge in [0.1, 0.15) is 11.5 Å². The Hall–Kier alpha value is -3.70. The number of allylic oxidation sites excluding steroid dienone is 1. The van der Waals surface area contributed by atoms with Gasteiger partial charge in [0, 0.05) is 24.2 Å². The van der Waals surface area contributed by atoms with Crippen LogP contribution in [0, 0.1) is 0 Å². The smallest absolute Gasteiger partial charge is 0.406 e. The van der Waals surface area contributed by atoms with Crippen molar-refractivity contribution in [1.29, 1.82) is 0 Å². The average Bonchev–Trinajstić information content (AvgIpc) is 2.76. The van der Waals surface area contributed by atoms with E-state index in [4.69, 9.17) is 0 Å². The minimum absolute atomic E-state index is 0.196. The molecule has 0 fully saturated rings. The standard InChI is InChI=1S/C23H22F6N2O4/c24-22(25,26)34-18-10-6-16(7-11-18)20(32)30-14-4-2-1-3-5-15-31-21(33)17-8-12-19(13-9-17)35-23(27,28)29/h1-2,6-13H,3-5,14-15H2,(H,30,32)(H,31,33)/b2-1+. The first-order chi connectivity index (χ1) is 16.4. The fourth-order valence-electron chi connectivity index (χ4n) is 2.75. The number of benzene rings is 2. The molecule has 2 aromatic rings. The highest BCUT2D eigenvalue weighted by molar-refractivity contribution is 5.94. The van der Waals surface area contributed by atoms with Crippen molar-refractivity contribution < 1.29 is 45.4 Å². The molecule has 0 aliphatic rings. The number of ether oxygens (including phenoxy) is 2. The summed E-state index contributed by atoms with van der Waals surface area (Å²) in [6, 6.07) is 9.14. The molecule has 0 saturated carbocycles. The number of unbranched alkanes of at least 4 members (excludes halogenated alkanes) is 1. The lowest BCUT2D eigenvalue weighted by Crippen LogP contribution is -2.24. The zero-order valence-electron chi connectivity index (χ0n) is 18.2. The Morgan fingerprint density at radius 2 is 1.06 bits per heavy atom. The summed E-state index contributed by atoms with van der Waals surface area (Å²) in [5.74, 6) is -1.68. The molecule has 0 aliphatic carbocycles. The van der Waals surface area contributed by atoms with E-state index in [1.54, 1.807) is 0 Å². The van der Waals surface area contributed by atoms with Gasteiger partial charge in [-0.2, -0.15) is 0 Å². The Labute approximate surface area is 196 Å². The Bertz CT molecular complexity index is 987. The molecule has 2 N–H and O–H groups in total. The van der Waals surface area contributed by atoms with Crippen LogP contribution in [0.25, 0.3) is 0 Å². The first-order valence-electron chi connectivity index (χ1n) is 10.4. The summed E-state index contributed by atoms with van der Waals surface area (Å²) in [5.41, 5.74) is 0.398. The Balaban J connectivity index is 1.58. The Morgan fingerprint density at radius 3 is 1.49 bits per heavy atom. The molecule has 12 heteroatoms. The monoisotopic (exact) mass is 504 g/mol. The molecule has 0 saturated heterocycles. The van der Waals surface area contributed by atoms with Crippen LogP contribution in [0.3, 0.4) is 0 Å². The van der Waals surface area contributed by atoms with E-state index < -0.39 is 36.0 Å². The van der Waals surface area contributed by atoms with E-state index >= 15 is 0 Å². The van der Waals surface area contributed by atoms with E-state index in [2.05, 4.69) is 20.1 Å². The fourth-order valence-corrected chi connectivity index (χ4v) is 2.75. The van der Waals surface area contributed by atoms with Crippen LogP contribution in [-0.4, -0.2) is 37.6 Å². The maximum Gasteiger partial charge on any atom is 0.573 e. The van der Waals surface area contributed by atoms with Crippen LogP contribution < -0.4 is 20.1 Å². The molecule has 0 bridgehead atoms. The molecule has 0 aliphatic heterocycles. The van der Waals surface area contributed by atoms with Crippen molar-refractivity contribution in [2.75, 3.05) is 13.1 Å². The number of nitrogens with one attached hydrogen (secondary N) is 2. The van der Waals surface area contributed by atoms with Gasteiger partial charge in [0.15, 0.2) is 0 Å². The summed E-state index contributed by atoms with van der Waals surface area (Å²) in [4.78, 5) is 24.0. The van der Waals surface area contributed by atoms with Gasteiger partial charge in [0.25, 0.3) is 11.8 Å². The number of rotatable bonds is 11. The molecule has 35 heavy (non-hydrogen) atoms. The van der Waals surface area contributed by atoms with Crippen molar-refractivity contribution in [3.8, 4) is 11.5 Å². The number of hydrogen-bond donors (Lipinski definition) is 2. The second-order valence-electron chi connectivity index (χ2n) is 7.06. The second kappa shape index (κ2) is 12.7. The molecule has 6 nitrogen and oxygen atoms in total. The van der Waals surface area contributed by atoms with E-state index in [-0.39, 0.29) is 11.1 Å². The minimum Gasteiger partial charge on any atom is -0.406 e. The van der Waals surface area contributed by atoms with Crippen LogP contribution >= 0.6 is 0 Å². The molecule has 0 radical (unpaired) electrons.